The third-order valence-corrected chi connectivity index (χ3v) is 5.03. The van der Waals surface area contributed by atoms with E-state index < -0.39 is 11.7 Å². The van der Waals surface area contributed by atoms with E-state index in [0.717, 1.165) is 17.0 Å². The lowest BCUT2D eigenvalue weighted by Crippen LogP contribution is -2.48. The second kappa shape index (κ2) is 6.24. The maximum Gasteiger partial charge on any atom is 0.416 e. The Balaban J connectivity index is 1.39. The Labute approximate surface area is 150 Å². The molecule has 1 aliphatic rings. The van der Waals surface area contributed by atoms with Crippen LogP contribution in [-0.2, 0) is 6.18 Å². The summed E-state index contributed by atoms with van der Waals surface area (Å²) in [6.07, 6.45) is -4.42. The SMILES string of the molecule is O=C(c1ccc(C(F)(F)F)cc1)N1CC(c2nc(-c3cccs3)no2)C1. The first-order valence-corrected chi connectivity index (χ1v) is 8.64. The van der Waals surface area contributed by atoms with Crippen LogP contribution in [0.5, 0.6) is 0 Å². The van der Waals surface area contributed by atoms with E-state index in [1.807, 2.05) is 17.5 Å². The molecule has 0 radical (unpaired) electrons. The number of likely N-dealkylation sites (tertiary alicyclic amines) is 1. The highest BCUT2D eigenvalue weighted by Crippen LogP contribution is 2.31. The maximum atomic E-state index is 12.6. The molecular formula is C17H12F3N3O2S. The molecular weight excluding hydrogens is 367 g/mol. The van der Waals surface area contributed by atoms with Crippen molar-refractivity contribution in [2.24, 2.45) is 0 Å². The van der Waals surface area contributed by atoms with Crippen molar-refractivity contribution in [1.29, 1.82) is 0 Å². The summed E-state index contributed by atoms with van der Waals surface area (Å²) < 4.78 is 43.0. The van der Waals surface area contributed by atoms with Crippen LogP contribution in [0.2, 0.25) is 0 Å². The second-order valence-corrected chi connectivity index (χ2v) is 6.86. The van der Waals surface area contributed by atoms with Crippen molar-refractivity contribution in [3.8, 4) is 10.7 Å². The van der Waals surface area contributed by atoms with Crippen molar-refractivity contribution in [2.75, 3.05) is 13.1 Å². The standard InChI is InChI=1S/C17H12F3N3O2S/c18-17(19,20)12-5-3-10(4-6-12)16(24)23-8-11(9-23)15-21-14(22-25-15)13-2-1-7-26-13/h1-7,11H,8-9H2. The predicted octanol–water partition coefficient (Wildman–Crippen LogP) is 4.06. The average Bonchev–Trinajstić information content (AvgIpc) is 3.24. The van der Waals surface area contributed by atoms with Crippen molar-refractivity contribution >= 4 is 17.2 Å². The van der Waals surface area contributed by atoms with Crippen molar-refractivity contribution in [3.05, 3.63) is 58.8 Å². The Hall–Kier alpha value is -2.68. The number of hydrogen-bond acceptors (Lipinski definition) is 5. The lowest BCUT2D eigenvalue weighted by atomic mass is 9.98. The van der Waals surface area contributed by atoms with Crippen LogP contribution in [-0.4, -0.2) is 34.0 Å². The summed E-state index contributed by atoms with van der Waals surface area (Å²) in [5.74, 6) is 0.606. The van der Waals surface area contributed by atoms with E-state index >= 15 is 0 Å². The number of halogens is 3. The lowest BCUT2D eigenvalue weighted by molar-refractivity contribution is -0.137. The molecule has 1 fully saturated rings. The largest absolute Gasteiger partial charge is 0.416 e. The van der Waals surface area contributed by atoms with Gasteiger partial charge in [0, 0.05) is 18.7 Å². The van der Waals surface area contributed by atoms with Gasteiger partial charge in [-0.05, 0) is 35.7 Å². The molecule has 3 heterocycles. The zero-order valence-electron chi connectivity index (χ0n) is 13.2. The summed E-state index contributed by atoms with van der Waals surface area (Å²) in [5.41, 5.74) is -0.552. The fourth-order valence-corrected chi connectivity index (χ4v) is 3.34. The molecule has 0 aliphatic carbocycles. The third-order valence-electron chi connectivity index (χ3n) is 4.16. The molecule has 2 aromatic heterocycles. The highest BCUT2D eigenvalue weighted by molar-refractivity contribution is 7.13. The molecule has 9 heteroatoms. The topological polar surface area (TPSA) is 59.2 Å². The van der Waals surface area contributed by atoms with Crippen LogP contribution in [0.4, 0.5) is 13.2 Å². The molecule has 3 aromatic rings. The number of thiophene rings is 1. The molecule has 0 atom stereocenters. The minimum absolute atomic E-state index is 0.0605. The molecule has 0 N–H and O–H groups in total. The van der Waals surface area contributed by atoms with Gasteiger partial charge in [-0.2, -0.15) is 18.2 Å². The number of nitrogens with zero attached hydrogens (tertiary/aromatic N) is 3. The van der Waals surface area contributed by atoms with Gasteiger partial charge < -0.3 is 9.42 Å². The first-order valence-electron chi connectivity index (χ1n) is 7.76. The van der Waals surface area contributed by atoms with Gasteiger partial charge in [0.05, 0.1) is 16.4 Å². The zero-order valence-corrected chi connectivity index (χ0v) is 14.0. The summed E-state index contributed by atoms with van der Waals surface area (Å²) in [6.45, 7) is 0.790. The first-order chi connectivity index (χ1) is 12.4. The molecule has 26 heavy (non-hydrogen) atoms. The van der Waals surface area contributed by atoms with Crippen LogP contribution in [0.25, 0.3) is 10.7 Å². The average molecular weight is 379 g/mol. The highest BCUT2D eigenvalue weighted by atomic mass is 32.1. The Morgan fingerprint density at radius 1 is 1.19 bits per heavy atom. The molecule has 5 nitrogen and oxygen atoms in total. The minimum atomic E-state index is -4.42. The summed E-state index contributed by atoms with van der Waals surface area (Å²) in [4.78, 5) is 19.1. The van der Waals surface area contributed by atoms with E-state index in [9.17, 15) is 18.0 Å². The summed E-state index contributed by atoms with van der Waals surface area (Å²) >= 11 is 1.50. The molecule has 0 spiro atoms. The second-order valence-electron chi connectivity index (χ2n) is 5.92. The van der Waals surface area contributed by atoms with Crippen LogP contribution >= 0.6 is 11.3 Å². The fourth-order valence-electron chi connectivity index (χ4n) is 2.69. The summed E-state index contributed by atoms with van der Waals surface area (Å²) in [5, 5.41) is 5.85. The Morgan fingerprint density at radius 2 is 1.92 bits per heavy atom. The normalized spacial score (nSPS) is 15.1. The number of benzene rings is 1. The molecule has 1 amide bonds. The van der Waals surface area contributed by atoms with Gasteiger partial charge in [0.1, 0.15) is 0 Å². The number of aromatic nitrogens is 2. The molecule has 0 unspecified atom stereocenters. The van der Waals surface area contributed by atoms with Crippen LogP contribution in [0.1, 0.15) is 27.7 Å². The molecule has 134 valence electrons. The fraction of sp³-hybridized carbons (Fsp3) is 0.235. The van der Waals surface area contributed by atoms with Crippen molar-refractivity contribution in [1.82, 2.24) is 15.0 Å². The van der Waals surface area contributed by atoms with Gasteiger partial charge >= 0.3 is 6.18 Å². The number of hydrogen-bond donors (Lipinski definition) is 0. The van der Waals surface area contributed by atoms with Crippen LogP contribution in [0, 0.1) is 0 Å². The van der Waals surface area contributed by atoms with Crippen molar-refractivity contribution < 1.29 is 22.5 Å². The number of carbonyl (C=O) groups is 1. The molecule has 0 bridgehead atoms. The molecule has 1 aliphatic heterocycles. The molecule has 0 saturated carbocycles. The van der Waals surface area contributed by atoms with E-state index in [1.54, 1.807) is 4.90 Å². The van der Waals surface area contributed by atoms with E-state index in [1.165, 1.54) is 23.5 Å². The number of alkyl halides is 3. The van der Waals surface area contributed by atoms with Crippen LogP contribution in [0.15, 0.2) is 46.3 Å². The maximum absolute atomic E-state index is 12.6. The van der Waals surface area contributed by atoms with Gasteiger partial charge in [0.2, 0.25) is 11.7 Å². The van der Waals surface area contributed by atoms with E-state index in [-0.39, 0.29) is 17.4 Å². The van der Waals surface area contributed by atoms with Gasteiger partial charge in [-0.25, -0.2) is 0 Å². The van der Waals surface area contributed by atoms with Crippen molar-refractivity contribution in [2.45, 2.75) is 12.1 Å². The van der Waals surface area contributed by atoms with Gasteiger partial charge in [0.15, 0.2) is 0 Å². The van der Waals surface area contributed by atoms with Gasteiger partial charge in [-0.15, -0.1) is 11.3 Å². The van der Waals surface area contributed by atoms with Crippen molar-refractivity contribution in [3.63, 3.8) is 0 Å². The Kier molecular flexibility index (Phi) is 4.03. The van der Waals surface area contributed by atoms with Gasteiger partial charge in [-0.3, -0.25) is 4.79 Å². The third kappa shape index (κ3) is 3.10. The number of rotatable bonds is 3. The molecule has 4 rings (SSSR count). The predicted molar refractivity (Wildman–Crippen MR) is 87.7 cm³/mol. The molecule has 1 saturated heterocycles. The van der Waals surface area contributed by atoms with E-state index in [4.69, 9.17) is 4.52 Å². The number of amides is 1. The highest BCUT2D eigenvalue weighted by Gasteiger charge is 2.36. The molecule has 1 aromatic carbocycles. The van der Waals surface area contributed by atoms with Crippen LogP contribution in [0.3, 0.4) is 0 Å². The Morgan fingerprint density at radius 3 is 2.54 bits per heavy atom. The summed E-state index contributed by atoms with van der Waals surface area (Å²) in [6, 6.07) is 8.00. The summed E-state index contributed by atoms with van der Waals surface area (Å²) in [7, 11) is 0. The van der Waals surface area contributed by atoms with E-state index in [2.05, 4.69) is 10.1 Å². The van der Waals surface area contributed by atoms with E-state index in [0.29, 0.717) is 24.8 Å². The van der Waals surface area contributed by atoms with Gasteiger partial charge in [-0.1, -0.05) is 11.2 Å². The smallest absolute Gasteiger partial charge is 0.339 e. The zero-order chi connectivity index (χ0) is 18.3. The monoisotopic (exact) mass is 379 g/mol. The first kappa shape index (κ1) is 16.8. The Bertz CT molecular complexity index is 914. The number of carbonyl (C=O) groups excluding carboxylic acids is 1. The van der Waals surface area contributed by atoms with Gasteiger partial charge in [0.25, 0.3) is 5.91 Å². The lowest BCUT2D eigenvalue weighted by Gasteiger charge is -2.37. The van der Waals surface area contributed by atoms with Crippen LogP contribution < -0.4 is 0 Å². The quantitative estimate of drug-likeness (QED) is 0.689. The minimum Gasteiger partial charge on any atom is -0.339 e.